The van der Waals surface area contributed by atoms with E-state index in [2.05, 4.69) is 37.4 Å². The molecule has 0 aromatic carbocycles. The summed E-state index contributed by atoms with van der Waals surface area (Å²) < 4.78 is 2.16. The second-order valence-electron chi connectivity index (χ2n) is 5.82. The van der Waals surface area contributed by atoms with Crippen molar-refractivity contribution < 1.29 is 4.79 Å². The minimum absolute atomic E-state index is 0. The Morgan fingerprint density at radius 1 is 1.50 bits per heavy atom. The van der Waals surface area contributed by atoms with Crippen LogP contribution in [-0.4, -0.2) is 47.1 Å². The van der Waals surface area contributed by atoms with Gasteiger partial charge in [0, 0.05) is 51.0 Å². The van der Waals surface area contributed by atoms with Crippen molar-refractivity contribution in [3.05, 3.63) is 18.2 Å². The van der Waals surface area contributed by atoms with E-state index in [4.69, 9.17) is 0 Å². The molecule has 136 valence electrons. The van der Waals surface area contributed by atoms with Gasteiger partial charge in [0.1, 0.15) is 5.82 Å². The molecule has 1 fully saturated rings. The Labute approximate surface area is 161 Å². The molecule has 3 N–H and O–H groups in total. The third-order valence-electron chi connectivity index (χ3n) is 3.95. The molecule has 0 spiro atoms. The van der Waals surface area contributed by atoms with Gasteiger partial charge in [0.2, 0.25) is 5.91 Å². The van der Waals surface area contributed by atoms with E-state index in [0.29, 0.717) is 13.0 Å². The maximum absolute atomic E-state index is 11.2. The fourth-order valence-corrected chi connectivity index (χ4v) is 2.59. The Balaban J connectivity index is 0.00000288. The number of aliphatic imine (C=N–C) groups is 1. The van der Waals surface area contributed by atoms with Crippen LogP contribution in [0.25, 0.3) is 0 Å². The first-order chi connectivity index (χ1) is 11.2. The summed E-state index contributed by atoms with van der Waals surface area (Å²) in [7, 11) is 0. The molecule has 1 saturated heterocycles. The molecule has 2 heterocycles. The number of nitrogens with one attached hydrogen (secondary N) is 3. The average Bonchev–Trinajstić information content (AvgIpc) is 2.94. The fourth-order valence-electron chi connectivity index (χ4n) is 2.59. The normalized spacial score (nSPS) is 17.8. The predicted molar refractivity (Wildman–Crippen MR) is 107 cm³/mol. The maximum atomic E-state index is 11.2. The molecule has 1 aliphatic heterocycles. The van der Waals surface area contributed by atoms with E-state index in [-0.39, 0.29) is 35.9 Å². The monoisotopic (exact) mass is 448 g/mol. The number of hydrogen-bond donors (Lipinski definition) is 3. The third kappa shape index (κ3) is 7.06. The second kappa shape index (κ2) is 11.3. The molecule has 1 atom stereocenters. The summed E-state index contributed by atoms with van der Waals surface area (Å²) >= 11 is 0. The summed E-state index contributed by atoms with van der Waals surface area (Å²) in [5, 5.41) is 9.55. The van der Waals surface area contributed by atoms with Gasteiger partial charge in [-0.3, -0.25) is 9.79 Å². The fraction of sp³-hybridized carbons (Fsp3) is 0.688. The largest absolute Gasteiger partial charge is 0.357 e. The zero-order valence-corrected chi connectivity index (χ0v) is 16.9. The molecule has 7 nitrogen and oxygen atoms in total. The maximum Gasteiger partial charge on any atom is 0.220 e. The van der Waals surface area contributed by atoms with Gasteiger partial charge in [0.25, 0.3) is 0 Å². The average molecular weight is 448 g/mol. The minimum Gasteiger partial charge on any atom is -0.357 e. The predicted octanol–water partition coefficient (Wildman–Crippen LogP) is 1.42. The quantitative estimate of drug-likeness (QED) is 0.255. The van der Waals surface area contributed by atoms with Gasteiger partial charge < -0.3 is 20.5 Å². The zero-order chi connectivity index (χ0) is 16.5. The van der Waals surface area contributed by atoms with Gasteiger partial charge >= 0.3 is 0 Å². The Morgan fingerprint density at radius 2 is 2.33 bits per heavy atom. The number of carbonyl (C=O) groups is 1. The molecule has 0 bridgehead atoms. The van der Waals surface area contributed by atoms with Crippen molar-refractivity contribution in [1.29, 1.82) is 0 Å². The van der Waals surface area contributed by atoms with Crippen molar-refractivity contribution in [1.82, 2.24) is 25.5 Å². The smallest absolute Gasteiger partial charge is 0.220 e. The molecule has 2 rings (SSSR count). The molecule has 0 aliphatic carbocycles. The molecule has 24 heavy (non-hydrogen) atoms. The first-order valence-corrected chi connectivity index (χ1v) is 8.48. The van der Waals surface area contributed by atoms with Crippen LogP contribution in [-0.2, 0) is 11.3 Å². The Hall–Kier alpha value is -1.32. The van der Waals surface area contributed by atoms with Gasteiger partial charge in [-0.05, 0) is 33.1 Å². The highest BCUT2D eigenvalue weighted by molar-refractivity contribution is 14.0. The molecule has 8 heteroatoms. The summed E-state index contributed by atoms with van der Waals surface area (Å²) in [6.45, 7) is 7.36. The molecule has 0 saturated carbocycles. The lowest BCUT2D eigenvalue weighted by molar-refractivity contribution is -0.122. The lowest BCUT2D eigenvalue weighted by atomic mass is 10.1. The lowest BCUT2D eigenvalue weighted by Crippen LogP contribution is -2.51. The number of amides is 1. The summed E-state index contributed by atoms with van der Waals surface area (Å²) in [5.74, 6) is 2.04. The van der Waals surface area contributed by atoms with Crippen molar-refractivity contribution in [2.75, 3.05) is 19.6 Å². The Kier molecular flexibility index (Phi) is 9.73. The first-order valence-electron chi connectivity index (χ1n) is 8.48. The van der Waals surface area contributed by atoms with Gasteiger partial charge in [0.05, 0.1) is 0 Å². The highest BCUT2D eigenvalue weighted by Crippen LogP contribution is 2.03. The van der Waals surface area contributed by atoms with Gasteiger partial charge in [-0.2, -0.15) is 0 Å². The van der Waals surface area contributed by atoms with E-state index in [1.54, 1.807) is 0 Å². The van der Waals surface area contributed by atoms with Crippen LogP contribution in [0.1, 0.15) is 38.4 Å². The van der Waals surface area contributed by atoms with Crippen LogP contribution < -0.4 is 16.0 Å². The molecule has 1 aliphatic rings. The number of aryl methyl sites for hydroxylation is 2. The number of nitrogens with zero attached hydrogens (tertiary/aromatic N) is 3. The highest BCUT2D eigenvalue weighted by atomic mass is 127. The Bertz CT molecular complexity index is 520. The van der Waals surface area contributed by atoms with Crippen LogP contribution >= 0.6 is 24.0 Å². The van der Waals surface area contributed by atoms with Gasteiger partial charge in [-0.15, -0.1) is 24.0 Å². The van der Waals surface area contributed by atoms with Crippen LogP contribution in [0.3, 0.4) is 0 Å². The van der Waals surface area contributed by atoms with Gasteiger partial charge in [-0.25, -0.2) is 4.98 Å². The number of piperidine rings is 1. The molecule has 1 aromatic rings. The van der Waals surface area contributed by atoms with Gasteiger partial charge in [0.15, 0.2) is 5.96 Å². The molecular weight excluding hydrogens is 419 g/mol. The van der Waals surface area contributed by atoms with Gasteiger partial charge in [-0.1, -0.05) is 0 Å². The number of aromatic nitrogens is 2. The summed E-state index contributed by atoms with van der Waals surface area (Å²) in [6.07, 6.45) is 7.41. The van der Waals surface area contributed by atoms with E-state index < -0.39 is 0 Å². The van der Waals surface area contributed by atoms with Crippen molar-refractivity contribution in [2.45, 2.75) is 52.1 Å². The number of hydrogen-bond acceptors (Lipinski definition) is 3. The van der Waals surface area contributed by atoms with E-state index in [0.717, 1.165) is 50.7 Å². The number of halogens is 1. The molecule has 0 radical (unpaired) electrons. The summed E-state index contributed by atoms with van der Waals surface area (Å²) in [5.41, 5.74) is 0. The molecule has 1 amide bonds. The van der Waals surface area contributed by atoms with E-state index >= 15 is 0 Å². The van der Waals surface area contributed by atoms with Crippen LogP contribution in [0.4, 0.5) is 0 Å². The van der Waals surface area contributed by atoms with E-state index in [1.807, 2.05) is 19.3 Å². The topological polar surface area (TPSA) is 83.3 Å². The van der Waals surface area contributed by atoms with E-state index in [9.17, 15) is 4.79 Å². The SMILES string of the molecule is CCNC(=NCCCCn1ccnc1C)NC1CCC(=O)NC1.I. The minimum atomic E-state index is 0. The van der Waals surface area contributed by atoms with Crippen molar-refractivity contribution in [3.63, 3.8) is 0 Å². The highest BCUT2D eigenvalue weighted by Gasteiger charge is 2.18. The zero-order valence-electron chi connectivity index (χ0n) is 14.5. The number of rotatable bonds is 7. The van der Waals surface area contributed by atoms with Crippen molar-refractivity contribution in [3.8, 4) is 0 Å². The third-order valence-corrected chi connectivity index (χ3v) is 3.95. The molecule has 1 aromatic heterocycles. The van der Waals surface area contributed by atoms with Crippen molar-refractivity contribution in [2.24, 2.45) is 4.99 Å². The van der Waals surface area contributed by atoms with Crippen molar-refractivity contribution >= 4 is 35.8 Å². The lowest BCUT2D eigenvalue weighted by Gasteiger charge is -2.25. The first kappa shape index (κ1) is 20.7. The number of unbranched alkanes of at least 4 members (excludes halogenated alkanes) is 1. The second-order valence-corrected chi connectivity index (χ2v) is 5.82. The van der Waals surface area contributed by atoms with Crippen LogP contribution in [0, 0.1) is 6.92 Å². The molecule has 1 unspecified atom stereocenters. The molecular formula is C16H29IN6O. The van der Waals surface area contributed by atoms with Crippen LogP contribution in [0.2, 0.25) is 0 Å². The summed E-state index contributed by atoms with van der Waals surface area (Å²) in [4.78, 5) is 20.0. The van der Waals surface area contributed by atoms with Crippen LogP contribution in [0.5, 0.6) is 0 Å². The van der Waals surface area contributed by atoms with Crippen LogP contribution in [0.15, 0.2) is 17.4 Å². The summed E-state index contributed by atoms with van der Waals surface area (Å²) in [6, 6.07) is 0.263. The number of imidazole rings is 1. The number of carbonyl (C=O) groups excluding carboxylic acids is 1. The number of guanidine groups is 1. The van der Waals surface area contributed by atoms with E-state index in [1.165, 1.54) is 0 Å². The Morgan fingerprint density at radius 3 is 2.96 bits per heavy atom. The standard InChI is InChI=1S/C16H28N6O.HI/c1-3-17-16(21-14-6-7-15(23)20-12-14)19-8-4-5-10-22-11-9-18-13(22)2;/h9,11,14H,3-8,10,12H2,1-2H3,(H,20,23)(H2,17,19,21);1H.